The second kappa shape index (κ2) is 12.1. The van der Waals surface area contributed by atoms with Gasteiger partial charge < -0.3 is 24.5 Å². The maximum absolute atomic E-state index is 12.6. The van der Waals surface area contributed by atoms with Gasteiger partial charge in [-0.15, -0.1) is 0 Å². The van der Waals surface area contributed by atoms with E-state index in [4.69, 9.17) is 9.90 Å². The van der Waals surface area contributed by atoms with E-state index in [1.165, 1.54) is 19.3 Å². The summed E-state index contributed by atoms with van der Waals surface area (Å²) in [6.07, 6.45) is 4.74. The van der Waals surface area contributed by atoms with Crippen LogP contribution in [0.3, 0.4) is 0 Å². The van der Waals surface area contributed by atoms with E-state index in [1.54, 1.807) is 9.80 Å². The van der Waals surface area contributed by atoms with Crippen LogP contribution in [-0.2, 0) is 19.2 Å². The Bertz CT molecular complexity index is 916. The number of ether oxygens (including phenoxy) is 1. The van der Waals surface area contributed by atoms with Crippen LogP contribution in [0.4, 0.5) is 8.78 Å². The molecule has 3 fully saturated rings. The minimum absolute atomic E-state index is 0.0279. The molecule has 2 saturated heterocycles. The lowest BCUT2D eigenvalue weighted by Crippen LogP contribution is -2.61. The van der Waals surface area contributed by atoms with Gasteiger partial charge in [-0.3, -0.25) is 19.2 Å². The molecule has 1 aliphatic carbocycles. The van der Waals surface area contributed by atoms with Crippen LogP contribution in [0.1, 0.15) is 25.7 Å². The van der Waals surface area contributed by atoms with Crippen LogP contribution >= 0.6 is 0 Å². The molecule has 3 aliphatic rings. The van der Waals surface area contributed by atoms with Crippen LogP contribution in [0.2, 0.25) is 0 Å². The highest BCUT2D eigenvalue weighted by Gasteiger charge is 2.59. The van der Waals surface area contributed by atoms with Crippen molar-refractivity contribution in [2.75, 3.05) is 39.8 Å². The smallest absolute Gasteiger partial charge is 0.290 e. The van der Waals surface area contributed by atoms with E-state index in [2.05, 4.69) is 11.3 Å². The molecule has 2 aliphatic heterocycles. The summed E-state index contributed by atoms with van der Waals surface area (Å²) in [5, 5.41) is 6.89. The monoisotopic (exact) mass is 481 g/mol. The lowest BCUT2D eigenvalue weighted by atomic mass is 10.1. The molecular weight excluding hydrogens is 452 g/mol. The summed E-state index contributed by atoms with van der Waals surface area (Å²) < 4.78 is 29.2. The molecule has 11 heteroatoms. The first-order valence-corrected chi connectivity index (χ1v) is 10.8. The SMILES string of the molecule is C=CC(=O)N1CCN(CC(=O)N2CCCC2)C(=O)C12CC2.COc1ccc(F)c(F)c1.O=CO. The summed E-state index contributed by atoms with van der Waals surface area (Å²) in [5.74, 6) is -1.66. The van der Waals surface area contributed by atoms with Gasteiger partial charge in [-0.1, -0.05) is 6.58 Å². The molecule has 3 amide bonds. The van der Waals surface area contributed by atoms with E-state index in [0.717, 1.165) is 38.1 Å². The first-order valence-electron chi connectivity index (χ1n) is 10.8. The van der Waals surface area contributed by atoms with Gasteiger partial charge in [0.15, 0.2) is 11.6 Å². The Morgan fingerprint density at radius 2 is 1.76 bits per heavy atom. The van der Waals surface area contributed by atoms with E-state index in [0.29, 0.717) is 31.7 Å². The van der Waals surface area contributed by atoms with E-state index in [-0.39, 0.29) is 30.7 Å². The normalized spacial score (nSPS) is 17.7. The Balaban J connectivity index is 0.000000263. The van der Waals surface area contributed by atoms with Gasteiger partial charge in [0.25, 0.3) is 6.47 Å². The number of carbonyl (C=O) groups excluding carboxylic acids is 3. The lowest BCUT2D eigenvalue weighted by molar-refractivity contribution is -0.154. The Kier molecular flexibility index (Phi) is 9.52. The molecule has 0 bridgehead atoms. The fourth-order valence-corrected chi connectivity index (χ4v) is 3.96. The molecular formula is C23H29F2N3O6. The Morgan fingerprint density at radius 3 is 2.26 bits per heavy atom. The first kappa shape index (κ1) is 26.7. The number of piperazine rings is 1. The number of benzene rings is 1. The zero-order valence-corrected chi connectivity index (χ0v) is 19.0. The van der Waals surface area contributed by atoms with Gasteiger partial charge in [0.05, 0.1) is 13.7 Å². The number of nitrogens with zero attached hydrogens (tertiary/aromatic N) is 3. The van der Waals surface area contributed by atoms with Gasteiger partial charge in [-0.25, -0.2) is 8.78 Å². The molecule has 4 rings (SSSR count). The second-order valence-electron chi connectivity index (χ2n) is 7.93. The van der Waals surface area contributed by atoms with E-state index >= 15 is 0 Å². The lowest BCUT2D eigenvalue weighted by Gasteiger charge is -2.40. The fraction of sp³-hybridized carbons (Fsp3) is 0.478. The highest BCUT2D eigenvalue weighted by molar-refractivity contribution is 5.99. The molecule has 1 spiro atoms. The zero-order valence-electron chi connectivity index (χ0n) is 19.0. The minimum Gasteiger partial charge on any atom is -0.497 e. The van der Waals surface area contributed by atoms with Gasteiger partial charge in [0.2, 0.25) is 17.7 Å². The molecule has 1 aromatic carbocycles. The minimum atomic E-state index is -0.889. The number of methoxy groups -OCH3 is 1. The molecule has 2 heterocycles. The summed E-state index contributed by atoms with van der Waals surface area (Å²) in [7, 11) is 1.40. The van der Waals surface area contributed by atoms with Gasteiger partial charge >= 0.3 is 0 Å². The Hall–Kier alpha value is -3.50. The molecule has 1 saturated carbocycles. The van der Waals surface area contributed by atoms with Crippen molar-refractivity contribution in [3.05, 3.63) is 42.5 Å². The summed E-state index contributed by atoms with van der Waals surface area (Å²) in [6, 6.07) is 3.38. The van der Waals surface area contributed by atoms with E-state index < -0.39 is 17.2 Å². The van der Waals surface area contributed by atoms with Gasteiger partial charge in [0.1, 0.15) is 11.3 Å². The molecule has 34 heavy (non-hydrogen) atoms. The molecule has 0 aromatic heterocycles. The quantitative estimate of drug-likeness (QED) is 0.518. The summed E-state index contributed by atoms with van der Waals surface area (Å²) in [6.45, 7) is 5.91. The van der Waals surface area contributed by atoms with Crippen LogP contribution in [-0.4, -0.2) is 89.4 Å². The van der Waals surface area contributed by atoms with Crippen molar-refractivity contribution in [2.24, 2.45) is 0 Å². The standard InChI is InChI=1S/C15H21N3O3.C7H6F2O.CH2O2/c1-2-12(19)18-10-9-17(14(21)15(18)5-6-15)11-13(20)16-7-3-4-8-16;1-10-5-2-3-6(8)7(9)4-5;2-1-3/h2H,1,3-11H2;2-4H,1H3;1H,(H,2,3). The zero-order chi connectivity index (χ0) is 25.3. The number of carbonyl (C=O) groups is 4. The van der Waals surface area contributed by atoms with Crippen molar-refractivity contribution in [3.8, 4) is 5.75 Å². The van der Waals surface area contributed by atoms with Crippen molar-refractivity contribution >= 4 is 24.2 Å². The molecule has 0 atom stereocenters. The predicted molar refractivity (Wildman–Crippen MR) is 118 cm³/mol. The largest absolute Gasteiger partial charge is 0.497 e. The number of halogens is 2. The molecule has 1 N–H and O–H groups in total. The molecule has 9 nitrogen and oxygen atoms in total. The predicted octanol–water partition coefficient (Wildman–Crippen LogP) is 1.67. The number of hydrogen-bond acceptors (Lipinski definition) is 5. The van der Waals surface area contributed by atoms with Crippen molar-refractivity contribution in [2.45, 2.75) is 31.2 Å². The third kappa shape index (κ3) is 6.30. The van der Waals surface area contributed by atoms with Crippen LogP contribution in [0, 0.1) is 11.6 Å². The topological polar surface area (TPSA) is 107 Å². The summed E-state index contributed by atoms with van der Waals surface area (Å²) >= 11 is 0. The van der Waals surface area contributed by atoms with Gasteiger partial charge in [-0.2, -0.15) is 0 Å². The van der Waals surface area contributed by atoms with Crippen molar-refractivity contribution in [3.63, 3.8) is 0 Å². The number of hydrogen-bond donors (Lipinski definition) is 1. The summed E-state index contributed by atoms with van der Waals surface area (Å²) in [4.78, 5) is 50.1. The van der Waals surface area contributed by atoms with Crippen molar-refractivity contribution in [1.29, 1.82) is 0 Å². The highest BCUT2D eigenvalue weighted by atomic mass is 19.2. The summed E-state index contributed by atoms with van der Waals surface area (Å²) in [5.41, 5.74) is -0.686. The van der Waals surface area contributed by atoms with E-state index in [1.807, 2.05) is 4.90 Å². The second-order valence-corrected chi connectivity index (χ2v) is 7.93. The van der Waals surface area contributed by atoms with Crippen LogP contribution in [0.15, 0.2) is 30.9 Å². The molecule has 186 valence electrons. The van der Waals surface area contributed by atoms with Gasteiger partial charge in [0, 0.05) is 32.2 Å². The fourth-order valence-electron chi connectivity index (χ4n) is 3.96. The van der Waals surface area contributed by atoms with Gasteiger partial charge in [-0.05, 0) is 43.9 Å². The van der Waals surface area contributed by atoms with Crippen molar-refractivity contribution < 1.29 is 37.8 Å². The Labute approximate surface area is 196 Å². The molecule has 1 aromatic rings. The number of amides is 3. The molecule has 0 unspecified atom stereocenters. The average Bonchev–Trinajstić information content (AvgIpc) is 3.41. The Morgan fingerprint density at radius 1 is 1.15 bits per heavy atom. The number of rotatable bonds is 4. The average molecular weight is 481 g/mol. The van der Waals surface area contributed by atoms with Crippen LogP contribution in [0.25, 0.3) is 0 Å². The third-order valence-corrected chi connectivity index (χ3v) is 5.87. The van der Waals surface area contributed by atoms with E-state index in [9.17, 15) is 23.2 Å². The van der Waals surface area contributed by atoms with Crippen molar-refractivity contribution in [1.82, 2.24) is 14.7 Å². The third-order valence-electron chi connectivity index (χ3n) is 5.87. The first-order chi connectivity index (χ1) is 16.2. The maximum atomic E-state index is 12.6. The highest BCUT2D eigenvalue weighted by Crippen LogP contribution is 2.45. The number of carboxylic acid groups (broad SMARTS) is 1. The molecule has 0 radical (unpaired) electrons. The maximum Gasteiger partial charge on any atom is 0.290 e. The van der Waals surface area contributed by atoms with Crippen LogP contribution < -0.4 is 4.74 Å². The number of likely N-dealkylation sites (tertiary alicyclic amines) is 1. The van der Waals surface area contributed by atoms with Crippen LogP contribution in [0.5, 0.6) is 5.75 Å².